The van der Waals surface area contributed by atoms with Crippen molar-refractivity contribution in [1.29, 1.82) is 0 Å². The molecule has 3 aliphatic rings. The van der Waals surface area contributed by atoms with Crippen LogP contribution in [0.1, 0.15) is 87.5 Å². The van der Waals surface area contributed by atoms with Crippen LogP contribution in [0.15, 0.2) is 23.8 Å². The zero-order chi connectivity index (χ0) is 31.4. The van der Waals surface area contributed by atoms with Gasteiger partial charge in [0.2, 0.25) is 23.6 Å². The van der Waals surface area contributed by atoms with Gasteiger partial charge in [-0.3, -0.25) is 24.1 Å². The molecular weight excluding hydrogens is 530 g/mol. The number of hydrogen-bond acceptors (Lipinski definition) is 5. The van der Waals surface area contributed by atoms with Crippen molar-refractivity contribution < 1.29 is 19.2 Å². The predicted octanol–water partition coefficient (Wildman–Crippen LogP) is 3.60. The van der Waals surface area contributed by atoms with E-state index in [0.29, 0.717) is 31.6 Å². The number of nitrogens with one attached hydrogen (secondary N) is 1. The Morgan fingerprint density at radius 2 is 1.55 bits per heavy atom. The van der Waals surface area contributed by atoms with Gasteiger partial charge in [0.1, 0.15) is 12.1 Å². The normalized spacial score (nSPS) is 23.5. The predicted molar refractivity (Wildman–Crippen MR) is 166 cm³/mol. The number of hydrogen-bond donors (Lipinski definition) is 1. The number of likely N-dealkylation sites (tertiary alicyclic amines) is 2. The molecule has 236 valence electrons. The van der Waals surface area contributed by atoms with E-state index in [1.54, 1.807) is 28.7 Å². The fraction of sp³-hybridized carbons (Fsp3) is 0.758. The summed E-state index contributed by atoms with van der Waals surface area (Å²) in [5.74, 6) is -0.389. The number of carbonyl (C=O) groups is 4. The number of nitrogens with zero attached hydrogens (tertiary/aromatic N) is 4. The molecule has 0 aliphatic carbocycles. The average Bonchev–Trinajstić information content (AvgIpc) is 3.65. The minimum atomic E-state index is -0.716. The van der Waals surface area contributed by atoms with Crippen LogP contribution < -0.4 is 5.32 Å². The standard InChI is InChI=1S/C33H55N5O4/c1-22(2)27(21-24(5)30(40)38-20-14-16-26(38)31(41)36-17-12-13-18-36)35(9)32(42)28(33(6,7)8)34-29(39)25-15-10-11-19-37(25)23(3)4/h12-13,21-23,25-28H,10-11,14-20H2,1-9H3,(H,34,39)/t25-,26+,27-,28-/m1/s1. The Morgan fingerprint density at radius 3 is 2.12 bits per heavy atom. The van der Waals surface area contributed by atoms with Gasteiger partial charge in [0.05, 0.1) is 12.1 Å². The van der Waals surface area contributed by atoms with Gasteiger partial charge in [-0.25, -0.2) is 0 Å². The molecule has 9 heteroatoms. The summed E-state index contributed by atoms with van der Waals surface area (Å²) in [6.07, 6.45) is 10.2. The Kier molecular flexibility index (Phi) is 11.4. The van der Waals surface area contributed by atoms with Crippen LogP contribution in [0.2, 0.25) is 0 Å². The van der Waals surface area contributed by atoms with E-state index in [0.717, 1.165) is 32.2 Å². The summed E-state index contributed by atoms with van der Waals surface area (Å²) in [5.41, 5.74) is 0.0147. The Hall–Kier alpha value is -2.68. The molecule has 2 saturated heterocycles. The fourth-order valence-electron chi connectivity index (χ4n) is 6.53. The van der Waals surface area contributed by atoms with Crippen molar-refractivity contribution in [2.45, 2.75) is 118 Å². The van der Waals surface area contributed by atoms with Gasteiger partial charge in [0.25, 0.3) is 0 Å². The summed E-state index contributed by atoms with van der Waals surface area (Å²) >= 11 is 0. The summed E-state index contributed by atoms with van der Waals surface area (Å²) < 4.78 is 0. The number of piperidine rings is 1. The zero-order valence-corrected chi connectivity index (χ0v) is 27.5. The maximum Gasteiger partial charge on any atom is 0.249 e. The first kappa shape index (κ1) is 33.8. The van der Waals surface area contributed by atoms with E-state index >= 15 is 0 Å². The molecule has 3 rings (SSSR count). The molecule has 42 heavy (non-hydrogen) atoms. The molecule has 0 aromatic heterocycles. The van der Waals surface area contributed by atoms with Crippen LogP contribution in [0, 0.1) is 11.3 Å². The topological polar surface area (TPSA) is 93.3 Å². The highest BCUT2D eigenvalue weighted by molar-refractivity contribution is 5.97. The van der Waals surface area contributed by atoms with Crippen LogP contribution in [-0.2, 0) is 19.2 Å². The van der Waals surface area contributed by atoms with Crippen LogP contribution in [0.5, 0.6) is 0 Å². The molecule has 0 saturated carbocycles. The highest BCUT2D eigenvalue weighted by Gasteiger charge is 2.41. The van der Waals surface area contributed by atoms with Gasteiger partial charge in [0.15, 0.2) is 0 Å². The van der Waals surface area contributed by atoms with Crippen molar-refractivity contribution in [3.05, 3.63) is 23.8 Å². The van der Waals surface area contributed by atoms with Crippen molar-refractivity contribution in [2.24, 2.45) is 11.3 Å². The average molecular weight is 586 g/mol. The summed E-state index contributed by atoms with van der Waals surface area (Å²) in [6, 6.07) is -1.50. The van der Waals surface area contributed by atoms with Gasteiger partial charge in [-0.05, 0) is 64.3 Å². The van der Waals surface area contributed by atoms with E-state index in [4.69, 9.17) is 0 Å². The maximum absolute atomic E-state index is 14.1. The molecule has 9 nitrogen and oxygen atoms in total. The first-order valence-corrected chi connectivity index (χ1v) is 15.9. The summed E-state index contributed by atoms with van der Waals surface area (Å²) in [7, 11) is 1.76. The van der Waals surface area contributed by atoms with E-state index in [2.05, 4.69) is 24.1 Å². The van der Waals surface area contributed by atoms with Crippen LogP contribution in [0.4, 0.5) is 0 Å². The first-order valence-electron chi connectivity index (χ1n) is 15.9. The molecule has 0 bridgehead atoms. The second kappa shape index (κ2) is 14.2. The van der Waals surface area contributed by atoms with Gasteiger partial charge >= 0.3 is 0 Å². The molecule has 4 atom stereocenters. The smallest absolute Gasteiger partial charge is 0.249 e. The Balaban J connectivity index is 1.78. The molecule has 2 fully saturated rings. The zero-order valence-electron chi connectivity index (χ0n) is 27.5. The number of likely N-dealkylation sites (N-methyl/N-ethyl adjacent to an activating group) is 1. The lowest BCUT2D eigenvalue weighted by atomic mass is 9.84. The largest absolute Gasteiger partial charge is 0.342 e. The van der Waals surface area contributed by atoms with Crippen molar-refractivity contribution in [2.75, 3.05) is 33.2 Å². The van der Waals surface area contributed by atoms with Crippen molar-refractivity contribution in [3.8, 4) is 0 Å². The van der Waals surface area contributed by atoms with Gasteiger partial charge in [-0.15, -0.1) is 0 Å². The maximum atomic E-state index is 14.1. The number of amides is 4. The molecule has 3 heterocycles. The van der Waals surface area contributed by atoms with Crippen molar-refractivity contribution >= 4 is 23.6 Å². The molecule has 0 unspecified atom stereocenters. The molecule has 0 aromatic rings. The summed E-state index contributed by atoms with van der Waals surface area (Å²) in [5, 5.41) is 3.14. The molecule has 0 spiro atoms. The van der Waals surface area contributed by atoms with Gasteiger partial charge < -0.3 is 20.0 Å². The second-order valence-corrected chi connectivity index (χ2v) is 14.1. The third-order valence-corrected chi connectivity index (χ3v) is 9.07. The Morgan fingerprint density at radius 1 is 0.929 bits per heavy atom. The minimum absolute atomic E-state index is 0.00381. The van der Waals surface area contributed by atoms with Crippen LogP contribution in [-0.4, -0.2) is 107 Å². The molecule has 4 amide bonds. The summed E-state index contributed by atoms with van der Waals surface area (Å²) in [4.78, 5) is 61.8. The third-order valence-electron chi connectivity index (χ3n) is 9.07. The Labute approximate surface area is 253 Å². The lowest BCUT2D eigenvalue weighted by Gasteiger charge is -2.41. The quantitative estimate of drug-likeness (QED) is 0.330. The molecule has 0 aromatic carbocycles. The summed E-state index contributed by atoms with van der Waals surface area (Å²) in [6.45, 7) is 18.6. The molecular formula is C33H55N5O4. The third kappa shape index (κ3) is 7.82. The van der Waals surface area contributed by atoms with Crippen LogP contribution in [0.25, 0.3) is 0 Å². The van der Waals surface area contributed by atoms with Gasteiger partial charge in [0, 0.05) is 38.3 Å². The van der Waals surface area contributed by atoms with E-state index in [-0.39, 0.29) is 47.7 Å². The second-order valence-electron chi connectivity index (χ2n) is 14.1. The highest BCUT2D eigenvalue weighted by atomic mass is 16.2. The van der Waals surface area contributed by atoms with E-state index in [9.17, 15) is 19.2 Å². The lowest BCUT2D eigenvalue weighted by Crippen LogP contribution is -2.60. The first-order chi connectivity index (χ1) is 19.6. The fourth-order valence-corrected chi connectivity index (χ4v) is 6.53. The van der Waals surface area contributed by atoms with Crippen molar-refractivity contribution in [1.82, 2.24) is 24.9 Å². The van der Waals surface area contributed by atoms with Crippen LogP contribution >= 0.6 is 0 Å². The highest BCUT2D eigenvalue weighted by Crippen LogP contribution is 2.27. The van der Waals surface area contributed by atoms with E-state index in [1.165, 1.54) is 0 Å². The number of carbonyl (C=O) groups excluding carboxylic acids is 4. The minimum Gasteiger partial charge on any atom is -0.342 e. The monoisotopic (exact) mass is 585 g/mol. The lowest BCUT2D eigenvalue weighted by molar-refractivity contribution is -0.142. The van der Waals surface area contributed by atoms with Gasteiger partial charge in [-0.2, -0.15) is 0 Å². The molecule has 1 N–H and O–H groups in total. The SMILES string of the molecule is CC(=C[C@H](C(C)C)N(C)C(=O)[C@@H](NC(=O)[C@H]1CCCCN1C(C)C)C(C)(C)C)C(=O)N1CCC[C@H]1C(=O)N1CC=CC1. The number of rotatable bonds is 9. The Bertz CT molecular complexity index is 1050. The van der Waals surface area contributed by atoms with Gasteiger partial charge in [-0.1, -0.05) is 59.3 Å². The van der Waals surface area contributed by atoms with Crippen molar-refractivity contribution in [3.63, 3.8) is 0 Å². The van der Waals surface area contributed by atoms with E-state index in [1.807, 2.05) is 52.8 Å². The van der Waals surface area contributed by atoms with E-state index < -0.39 is 17.5 Å². The molecule has 3 aliphatic heterocycles. The molecule has 0 radical (unpaired) electrons. The van der Waals surface area contributed by atoms with Crippen LogP contribution in [0.3, 0.4) is 0 Å².